The third-order valence-corrected chi connectivity index (χ3v) is 4.33. The van der Waals surface area contributed by atoms with E-state index in [1.165, 1.54) is 12.1 Å². The van der Waals surface area contributed by atoms with Crippen molar-refractivity contribution in [2.45, 2.75) is 19.4 Å². The number of benzene rings is 1. The molecule has 0 spiro atoms. The molecule has 0 aromatic heterocycles. The van der Waals surface area contributed by atoms with E-state index >= 15 is 0 Å². The summed E-state index contributed by atoms with van der Waals surface area (Å²) in [5, 5.41) is 0. The SMILES string of the molecule is Cc1ccc(F)cc1CC(=O)C1CN2CCN1CC2. The van der Waals surface area contributed by atoms with Crippen molar-refractivity contribution in [1.29, 1.82) is 0 Å². The molecule has 1 atom stereocenters. The Hall–Kier alpha value is -1.26. The first-order valence-electron chi connectivity index (χ1n) is 6.87. The quantitative estimate of drug-likeness (QED) is 0.819. The van der Waals surface area contributed by atoms with Crippen LogP contribution in [-0.2, 0) is 11.2 Å². The number of aryl methyl sites for hydroxylation is 1. The molecule has 102 valence electrons. The molecule has 0 aliphatic carbocycles. The summed E-state index contributed by atoms with van der Waals surface area (Å²) in [6, 6.07) is 4.69. The summed E-state index contributed by atoms with van der Waals surface area (Å²) in [5.41, 5.74) is 1.81. The maximum Gasteiger partial charge on any atom is 0.155 e. The molecular weight excluding hydrogens is 243 g/mol. The zero-order valence-electron chi connectivity index (χ0n) is 11.2. The largest absolute Gasteiger partial charge is 0.299 e. The molecule has 3 heterocycles. The Morgan fingerprint density at radius 3 is 2.68 bits per heavy atom. The number of hydrogen-bond acceptors (Lipinski definition) is 3. The first kappa shape index (κ1) is 12.8. The van der Waals surface area contributed by atoms with Gasteiger partial charge in [0, 0.05) is 39.1 Å². The molecule has 3 fully saturated rings. The Balaban J connectivity index is 1.73. The summed E-state index contributed by atoms with van der Waals surface area (Å²) in [5.74, 6) is -0.0410. The Bertz CT molecular complexity index is 495. The number of ketones is 1. The molecule has 1 aromatic carbocycles. The van der Waals surface area contributed by atoms with Crippen LogP contribution in [0, 0.1) is 12.7 Å². The Kier molecular flexibility index (Phi) is 3.37. The molecule has 2 bridgehead atoms. The van der Waals surface area contributed by atoms with Crippen molar-refractivity contribution in [3.8, 4) is 0 Å². The van der Waals surface area contributed by atoms with Gasteiger partial charge in [0.05, 0.1) is 6.04 Å². The van der Waals surface area contributed by atoms with Crippen LogP contribution in [0.3, 0.4) is 0 Å². The molecule has 0 saturated carbocycles. The molecule has 3 saturated heterocycles. The first-order valence-corrected chi connectivity index (χ1v) is 6.87. The highest BCUT2D eigenvalue weighted by Crippen LogP contribution is 2.19. The molecule has 0 radical (unpaired) electrons. The van der Waals surface area contributed by atoms with E-state index in [0.29, 0.717) is 6.42 Å². The van der Waals surface area contributed by atoms with Gasteiger partial charge in [-0.2, -0.15) is 0 Å². The average Bonchev–Trinajstić information content (AvgIpc) is 2.44. The number of carbonyl (C=O) groups is 1. The van der Waals surface area contributed by atoms with Gasteiger partial charge in [-0.15, -0.1) is 0 Å². The lowest BCUT2D eigenvalue weighted by molar-refractivity contribution is -0.128. The Morgan fingerprint density at radius 1 is 1.32 bits per heavy atom. The maximum atomic E-state index is 13.3. The Labute approximate surface area is 113 Å². The highest BCUT2D eigenvalue weighted by molar-refractivity contribution is 5.86. The van der Waals surface area contributed by atoms with Crippen molar-refractivity contribution in [3.05, 3.63) is 35.1 Å². The van der Waals surface area contributed by atoms with E-state index in [1.54, 1.807) is 6.07 Å². The fourth-order valence-corrected chi connectivity index (χ4v) is 3.06. The smallest absolute Gasteiger partial charge is 0.155 e. The summed E-state index contributed by atoms with van der Waals surface area (Å²) in [6.07, 6.45) is 0.346. The van der Waals surface area contributed by atoms with Crippen LogP contribution in [0.5, 0.6) is 0 Å². The van der Waals surface area contributed by atoms with Crippen LogP contribution >= 0.6 is 0 Å². The van der Waals surface area contributed by atoms with Crippen molar-refractivity contribution in [3.63, 3.8) is 0 Å². The van der Waals surface area contributed by atoms with Crippen molar-refractivity contribution in [1.82, 2.24) is 9.80 Å². The van der Waals surface area contributed by atoms with Crippen molar-refractivity contribution < 1.29 is 9.18 Å². The predicted octanol–water partition coefficient (Wildman–Crippen LogP) is 1.25. The third-order valence-electron chi connectivity index (χ3n) is 4.33. The van der Waals surface area contributed by atoms with Gasteiger partial charge >= 0.3 is 0 Å². The van der Waals surface area contributed by atoms with Crippen LogP contribution in [0.4, 0.5) is 4.39 Å². The molecule has 4 heteroatoms. The van der Waals surface area contributed by atoms with Gasteiger partial charge in [-0.05, 0) is 30.2 Å². The monoisotopic (exact) mass is 262 g/mol. The van der Waals surface area contributed by atoms with Gasteiger partial charge < -0.3 is 0 Å². The molecule has 1 aromatic rings. The molecule has 3 aliphatic rings. The van der Waals surface area contributed by atoms with Gasteiger partial charge in [0.1, 0.15) is 5.82 Å². The summed E-state index contributed by atoms with van der Waals surface area (Å²) in [4.78, 5) is 17.1. The van der Waals surface area contributed by atoms with Crippen molar-refractivity contribution in [2.24, 2.45) is 0 Å². The lowest BCUT2D eigenvalue weighted by atomic mass is 9.96. The van der Waals surface area contributed by atoms with Gasteiger partial charge in [-0.25, -0.2) is 4.39 Å². The minimum absolute atomic E-state index is 0.00478. The van der Waals surface area contributed by atoms with Gasteiger partial charge in [-0.3, -0.25) is 14.6 Å². The van der Waals surface area contributed by atoms with Crippen LogP contribution in [0.15, 0.2) is 18.2 Å². The van der Waals surface area contributed by atoms with E-state index in [2.05, 4.69) is 9.80 Å². The van der Waals surface area contributed by atoms with Crippen molar-refractivity contribution in [2.75, 3.05) is 32.7 Å². The van der Waals surface area contributed by atoms with Crippen LogP contribution in [0.25, 0.3) is 0 Å². The summed E-state index contributed by atoms with van der Waals surface area (Å²) >= 11 is 0. The predicted molar refractivity (Wildman–Crippen MR) is 71.6 cm³/mol. The average molecular weight is 262 g/mol. The number of nitrogens with zero attached hydrogens (tertiary/aromatic N) is 2. The topological polar surface area (TPSA) is 23.6 Å². The van der Waals surface area contributed by atoms with E-state index in [9.17, 15) is 9.18 Å². The summed E-state index contributed by atoms with van der Waals surface area (Å²) in [6.45, 7) is 6.88. The zero-order valence-corrected chi connectivity index (χ0v) is 11.2. The van der Waals surface area contributed by atoms with Gasteiger partial charge in [-0.1, -0.05) is 6.07 Å². The van der Waals surface area contributed by atoms with Crippen LogP contribution in [0.2, 0.25) is 0 Å². The minimum Gasteiger partial charge on any atom is -0.299 e. The minimum atomic E-state index is -0.261. The molecule has 0 N–H and O–H groups in total. The van der Waals surface area contributed by atoms with Crippen LogP contribution < -0.4 is 0 Å². The zero-order chi connectivity index (χ0) is 13.4. The molecule has 3 aliphatic heterocycles. The highest BCUT2D eigenvalue weighted by Gasteiger charge is 2.35. The summed E-state index contributed by atoms with van der Waals surface area (Å²) in [7, 11) is 0. The van der Waals surface area contributed by atoms with E-state index in [0.717, 1.165) is 43.9 Å². The maximum absolute atomic E-state index is 13.3. The number of hydrogen-bond donors (Lipinski definition) is 0. The van der Waals surface area contributed by atoms with E-state index in [4.69, 9.17) is 0 Å². The highest BCUT2D eigenvalue weighted by atomic mass is 19.1. The molecule has 19 heavy (non-hydrogen) atoms. The molecular formula is C15H19FN2O. The van der Waals surface area contributed by atoms with Crippen molar-refractivity contribution >= 4 is 5.78 Å². The number of carbonyl (C=O) groups excluding carboxylic acids is 1. The van der Waals surface area contributed by atoms with E-state index < -0.39 is 0 Å². The number of Topliss-reactive ketones (excluding diaryl/α,β-unsaturated/α-hetero) is 1. The fourth-order valence-electron chi connectivity index (χ4n) is 3.06. The fraction of sp³-hybridized carbons (Fsp3) is 0.533. The second-order valence-corrected chi connectivity index (χ2v) is 5.57. The lowest BCUT2D eigenvalue weighted by Gasteiger charge is -2.46. The second-order valence-electron chi connectivity index (χ2n) is 5.57. The van der Waals surface area contributed by atoms with Crippen LogP contribution in [0.1, 0.15) is 11.1 Å². The number of piperazine rings is 3. The van der Waals surface area contributed by atoms with E-state index in [1.807, 2.05) is 6.92 Å². The third kappa shape index (κ3) is 2.55. The molecule has 3 nitrogen and oxygen atoms in total. The molecule has 0 amide bonds. The first-order chi connectivity index (χ1) is 9.13. The summed E-state index contributed by atoms with van der Waals surface area (Å²) < 4.78 is 13.3. The lowest BCUT2D eigenvalue weighted by Crippen LogP contribution is -2.63. The molecule has 4 rings (SSSR count). The van der Waals surface area contributed by atoms with Crippen LogP contribution in [-0.4, -0.2) is 54.3 Å². The number of halogens is 1. The second kappa shape index (κ2) is 5.02. The Morgan fingerprint density at radius 2 is 2.05 bits per heavy atom. The number of fused-ring (bicyclic) bond motifs is 3. The normalized spacial score (nSPS) is 29.5. The van der Waals surface area contributed by atoms with Gasteiger partial charge in [0.25, 0.3) is 0 Å². The number of rotatable bonds is 3. The van der Waals surface area contributed by atoms with Gasteiger partial charge in [0.15, 0.2) is 5.78 Å². The molecule has 1 unspecified atom stereocenters. The van der Waals surface area contributed by atoms with Gasteiger partial charge in [0.2, 0.25) is 0 Å². The van der Waals surface area contributed by atoms with E-state index in [-0.39, 0.29) is 17.6 Å². The standard InChI is InChI=1S/C15H19FN2O/c1-11-2-3-13(16)8-12(11)9-15(19)14-10-17-4-6-18(14)7-5-17/h2-3,8,14H,4-7,9-10H2,1H3.